The number of benzene rings is 1. The lowest BCUT2D eigenvalue weighted by atomic mass is 10.3. The summed E-state index contributed by atoms with van der Waals surface area (Å²) in [5, 5.41) is 15.9. The number of hydrogen-bond acceptors (Lipinski definition) is 4. The number of anilines is 1. The molecule has 0 atom stereocenters. The lowest BCUT2D eigenvalue weighted by Crippen LogP contribution is -2.28. The third-order valence-corrected chi connectivity index (χ3v) is 2.64. The van der Waals surface area contributed by atoms with Gasteiger partial charge in [0, 0.05) is 16.6 Å². The van der Waals surface area contributed by atoms with Crippen LogP contribution in [-0.2, 0) is 4.79 Å². The van der Waals surface area contributed by atoms with E-state index in [0.717, 1.165) is 0 Å². The molecule has 0 spiro atoms. The van der Waals surface area contributed by atoms with Crippen LogP contribution in [0.2, 0.25) is 0 Å². The number of nitro groups is 1. The molecule has 0 saturated carbocycles. The largest absolute Gasteiger partial charge is 0.324 e. The van der Waals surface area contributed by atoms with Crippen LogP contribution in [-0.4, -0.2) is 23.9 Å². The maximum atomic E-state index is 11.5. The Bertz CT molecular complexity index is 511. The number of hydrogen-bond donors (Lipinski definition) is 2. The molecule has 94 valence electrons. The van der Waals surface area contributed by atoms with Crippen molar-refractivity contribution in [3.63, 3.8) is 0 Å². The van der Waals surface area contributed by atoms with Gasteiger partial charge in [0.1, 0.15) is 0 Å². The van der Waals surface area contributed by atoms with Gasteiger partial charge in [0.25, 0.3) is 5.69 Å². The molecular formula is C11H10BrN3O3. The van der Waals surface area contributed by atoms with Crippen molar-refractivity contribution in [1.82, 2.24) is 5.32 Å². The van der Waals surface area contributed by atoms with Crippen LogP contribution in [0.25, 0.3) is 0 Å². The Kier molecular flexibility index (Phi) is 5.30. The van der Waals surface area contributed by atoms with Crippen molar-refractivity contribution in [3.8, 4) is 12.3 Å². The molecule has 1 aromatic carbocycles. The molecule has 0 aliphatic rings. The minimum Gasteiger partial charge on any atom is -0.324 e. The number of amides is 1. The van der Waals surface area contributed by atoms with Gasteiger partial charge in [-0.2, -0.15) is 0 Å². The molecule has 1 amide bonds. The highest BCUT2D eigenvalue weighted by Crippen LogP contribution is 2.26. The van der Waals surface area contributed by atoms with Crippen molar-refractivity contribution in [2.24, 2.45) is 0 Å². The Labute approximate surface area is 112 Å². The van der Waals surface area contributed by atoms with Crippen LogP contribution in [0, 0.1) is 22.5 Å². The summed E-state index contributed by atoms with van der Waals surface area (Å²) in [5.74, 6) is 2.01. The molecule has 18 heavy (non-hydrogen) atoms. The number of non-ortho nitro benzene ring substituents is 1. The minimum atomic E-state index is -0.529. The lowest BCUT2D eigenvalue weighted by molar-refractivity contribution is -0.384. The zero-order valence-corrected chi connectivity index (χ0v) is 10.9. The summed E-state index contributed by atoms with van der Waals surface area (Å²) in [6.07, 6.45) is 5.02. The smallest absolute Gasteiger partial charge is 0.271 e. The number of nitrogens with zero attached hydrogens (tertiary/aromatic N) is 1. The summed E-state index contributed by atoms with van der Waals surface area (Å²) in [7, 11) is 0. The molecule has 2 N–H and O–H groups in total. The Morgan fingerprint density at radius 2 is 2.28 bits per heavy atom. The van der Waals surface area contributed by atoms with E-state index in [9.17, 15) is 14.9 Å². The Balaban J connectivity index is 2.72. The summed E-state index contributed by atoms with van der Waals surface area (Å²) in [4.78, 5) is 21.6. The van der Waals surface area contributed by atoms with E-state index in [0.29, 0.717) is 10.2 Å². The van der Waals surface area contributed by atoms with E-state index in [1.165, 1.54) is 18.2 Å². The van der Waals surface area contributed by atoms with Crippen molar-refractivity contribution in [2.45, 2.75) is 0 Å². The number of nitrogens with one attached hydrogen (secondary N) is 2. The zero-order valence-electron chi connectivity index (χ0n) is 9.27. The van der Waals surface area contributed by atoms with Crippen molar-refractivity contribution in [3.05, 3.63) is 32.8 Å². The van der Waals surface area contributed by atoms with Crippen LogP contribution >= 0.6 is 15.9 Å². The van der Waals surface area contributed by atoms with Crippen LogP contribution in [0.5, 0.6) is 0 Å². The van der Waals surface area contributed by atoms with Crippen LogP contribution in [0.4, 0.5) is 11.4 Å². The van der Waals surface area contributed by atoms with E-state index >= 15 is 0 Å². The molecule has 6 nitrogen and oxygen atoms in total. The van der Waals surface area contributed by atoms with Gasteiger partial charge in [0.05, 0.1) is 23.7 Å². The first-order valence-electron chi connectivity index (χ1n) is 4.92. The highest BCUT2D eigenvalue weighted by Gasteiger charge is 2.11. The molecule has 7 heteroatoms. The Morgan fingerprint density at radius 3 is 2.89 bits per heavy atom. The maximum absolute atomic E-state index is 11.5. The molecule has 0 saturated heterocycles. The van der Waals surface area contributed by atoms with E-state index in [1.807, 2.05) is 0 Å². The normalized spacial score (nSPS) is 9.56. The summed E-state index contributed by atoms with van der Waals surface area (Å²) in [5.41, 5.74) is 0.252. The molecule has 0 fully saturated rings. The molecule has 1 aromatic rings. The van der Waals surface area contributed by atoms with Gasteiger partial charge in [0.2, 0.25) is 5.91 Å². The predicted octanol–water partition coefficient (Wildman–Crippen LogP) is 1.52. The average molecular weight is 312 g/mol. The van der Waals surface area contributed by atoms with Gasteiger partial charge >= 0.3 is 0 Å². The molecule has 0 aliphatic carbocycles. The molecule has 0 radical (unpaired) electrons. The number of carbonyl (C=O) groups excluding carboxylic acids is 1. The monoisotopic (exact) mass is 311 g/mol. The number of nitro benzene ring substituents is 1. The van der Waals surface area contributed by atoms with Crippen molar-refractivity contribution in [2.75, 3.05) is 18.4 Å². The second kappa shape index (κ2) is 6.74. The van der Waals surface area contributed by atoms with Gasteiger partial charge in [-0.3, -0.25) is 20.2 Å². The highest BCUT2D eigenvalue weighted by molar-refractivity contribution is 9.10. The summed E-state index contributed by atoms with van der Waals surface area (Å²) in [6, 6.07) is 4.13. The van der Waals surface area contributed by atoms with Gasteiger partial charge in [-0.25, -0.2) is 0 Å². The maximum Gasteiger partial charge on any atom is 0.271 e. The van der Waals surface area contributed by atoms with Gasteiger partial charge in [-0.1, -0.05) is 5.92 Å². The number of terminal acetylenes is 1. The highest BCUT2D eigenvalue weighted by atomic mass is 79.9. The van der Waals surface area contributed by atoms with Crippen LogP contribution in [0.3, 0.4) is 0 Å². The van der Waals surface area contributed by atoms with Crippen molar-refractivity contribution >= 4 is 33.2 Å². The lowest BCUT2D eigenvalue weighted by Gasteiger charge is -2.07. The van der Waals surface area contributed by atoms with E-state index < -0.39 is 4.92 Å². The second-order valence-corrected chi connectivity index (χ2v) is 4.13. The van der Waals surface area contributed by atoms with Gasteiger partial charge < -0.3 is 5.32 Å². The fraction of sp³-hybridized carbons (Fsp3) is 0.182. The Hall–Kier alpha value is -1.91. The topological polar surface area (TPSA) is 84.3 Å². The quantitative estimate of drug-likeness (QED) is 0.374. The number of halogens is 1. The van der Waals surface area contributed by atoms with Crippen LogP contribution < -0.4 is 10.6 Å². The molecule has 0 bridgehead atoms. The molecular weight excluding hydrogens is 302 g/mol. The predicted molar refractivity (Wildman–Crippen MR) is 71.1 cm³/mol. The standard InChI is InChI=1S/C11H10BrN3O3/c1-2-5-13-7-11(16)14-10-6-8(15(17)18)3-4-9(10)12/h1,3-4,6,13H,5,7H2,(H,14,16). The third kappa shape index (κ3) is 4.16. The molecule has 0 unspecified atom stereocenters. The van der Waals surface area contributed by atoms with Crippen LogP contribution in [0.1, 0.15) is 0 Å². The van der Waals surface area contributed by atoms with E-state index in [-0.39, 0.29) is 24.7 Å². The number of rotatable bonds is 5. The molecule has 0 aliphatic heterocycles. The SMILES string of the molecule is C#CCNCC(=O)Nc1cc([N+](=O)[O-])ccc1Br. The number of carbonyl (C=O) groups is 1. The van der Waals surface area contributed by atoms with E-state index in [1.54, 1.807) is 0 Å². The van der Waals surface area contributed by atoms with Gasteiger partial charge in [-0.15, -0.1) is 6.42 Å². The summed E-state index contributed by atoms with van der Waals surface area (Å²) >= 11 is 3.20. The fourth-order valence-electron chi connectivity index (χ4n) is 1.17. The summed E-state index contributed by atoms with van der Waals surface area (Å²) in [6.45, 7) is 0.322. The van der Waals surface area contributed by atoms with E-state index in [2.05, 4.69) is 32.5 Å². The first-order chi connectivity index (χ1) is 8.54. The first kappa shape index (κ1) is 14.2. The van der Waals surface area contributed by atoms with Gasteiger partial charge in [-0.05, 0) is 22.0 Å². The van der Waals surface area contributed by atoms with Crippen molar-refractivity contribution < 1.29 is 9.72 Å². The third-order valence-electron chi connectivity index (χ3n) is 1.95. The molecule has 0 heterocycles. The fourth-order valence-corrected chi connectivity index (χ4v) is 1.51. The average Bonchev–Trinajstić information content (AvgIpc) is 2.32. The van der Waals surface area contributed by atoms with E-state index in [4.69, 9.17) is 6.42 Å². The minimum absolute atomic E-state index is 0.0410. The van der Waals surface area contributed by atoms with Crippen molar-refractivity contribution in [1.29, 1.82) is 0 Å². The molecule has 0 aromatic heterocycles. The Morgan fingerprint density at radius 1 is 1.56 bits per heavy atom. The first-order valence-corrected chi connectivity index (χ1v) is 5.72. The van der Waals surface area contributed by atoms with Gasteiger partial charge in [0.15, 0.2) is 0 Å². The molecule has 1 rings (SSSR count). The second-order valence-electron chi connectivity index (χ2n) is 3.28. The summed E-state index contributed by atoms with van der Waals surface area (Å²) < 4.78 is 0.568. The van der Waals surface area contributed by atoms with Crippen LogP contribution in [0.15, 0.2) is 22.7 Å². The zero-order chi connectivity index (χ0) is 13.5.